The van der Waals surface area contributed by atoms with Crippen molar-refractivity contribution in [3.8, 4) is 0 Å². The van der Waals surface area contributed by atoms with Crippen LogP contribution in [0.2, 0.25) is 0 Å². The molecule has 0 saturated carbocycles. The van der Waals surface area contributed by atoms with Gasteiger partial charge in [-0.05, 0) is 18.4 Å². The van der Waals surface area contributed by atoms with Crippen LogP contribution in [0.5, 0.6) is 0 Å². The lowest BCUT2D eigenvalue weighted by atomic mass is 10.2. The van der Waals surface area contributed by atoms with Crippen molar-refractivity contribution in [3.05, 3.63) is 0 Å². The van der Waals surface area contributed by atoms with Crippen LogP contribution in [-0.2, 0) is 4.79 Å². The molecular formula is C5H14BNO2S. The van der Waals surface area contributed by atoms with Crippen LogP contribution in [0, 0.1) is 0 Å². The van der Waals surface area contributed by atoms with Crippen molar-refractivity contribution >= 4 is 26.1 Å². The molecule has 60 valence electrons. The van der Waals surface area contributed by atoms with Gasteiger partial charge < -0.3 is 10.8 Å². The number of carbonyl (C=O) groups is 1. The molecule has 1 unspecified atom stereocenters. The standard InChI is InChI=1S/C5H11NO2S.BH3/c1-9-3-2-4(6)5(7)8;/h4H,2-3,6H2,1H3,(H,7,8);1H3. The van der Waals surface area contributed by atoms with Gasteiger partial charge in [-0.3, -0.25) is 4.79 Å². The van der Waals surface area contributed by atoms with Gasteiger partial charge in [0, 0.05) is 0 Å². The fourth-order valence-electron chi connectivity index (χ4n) is 0.368. The Bertz CT molecular complexity index is 102. The summed E-state index contributed by atoms with van der Waals surface area (Å²) in [6.45, 7) is 0. The fourth-order valence-corrected chi connectivity index (χ4v) is 0.858. The minimum atomic E-state index is -0.913. The molecule has 0 aromatic carbocycles. The summed E-state index contributed by atoms with van der Waals surface area (Å²) in [6.07, 6.45) is 2.48. The van der Waals surface area contributed by atoms with Crippen LogP contribution in [0.4, 0.5) is 0 Å². The zero-order valence-electron chi connectivity index (χ0n) is 5.33. The van der Waals surface area contributed by atoms with E-state index in [0.29, 0.717) is 6.42 Å². The summed E-state index contributed by atoms with van der Waals surface area (Å²) < 4.78 is 0. The molecule has 0 saturated heterocycles. The third-order valence-corrected chi connectivity index (χ3v) is 1.59. The van der Waals surface area contributed by atoms with Gasteiger partial charge in [-0.1, -0.05) is 0 Å². The highest BCUT2D eigenvalue weighted by atomic mass is 32.2. The van der Waals surface area contributed by atoms with Crippen molar-refractivity contribution in [2.24, 2.45) is 5.73 Å². The summed E-state index contributed by atoms with van der Waals surface area (Å²) in [5.74, 6) is -0.1000. The van der Waals surface area contributed by atoms with Crippen LogP contribution in [-0.4, -0.2) is 37.5 Å². The van der Waals surface area contributed by atoms with Gasteiger partial charge in [0.1, 0.15) is 6.04 Å². The molecular weight excluding hydrogens is 149 g/mol. The van der Waals surface area contributed by atoms with Crippen molar-refractivity contribution in [2.75, 3.05) is 12.0 Å². The third kappa shape index (κ3) is 5.97. The molecule has 0 aliphatic heterocycles. The molecule has 3 N–H and O–H groups in total. The van der Waals surface area contributed by atoms with E-state index in [4.69, 9.17) is 10.8 Å². The Morgan fingerprint density at radius 1 is 1.80 bits per heavy atom. The second-order valence-electron chi connectivity index (χ2n) is 1.73. The number of carboxylic acid groups (broad SMARTS) is 1. The second-order valence-corrected chi connectivity index (χ2v) is 2.71. The SMILES string of the molecule is B.CSCCC(N)C(=O)O. The average Bonchev–Trinajstić information content (AvgIpc) is 1.82. The number of rotatable bonds is 4. The predicted octanol–water partition coefficient (Wildman–Crippen LogP) is -1.03. The van der Waals surface area contributed by atoms with E-state index >= 15 is 0 Å². The molecule has 10 heavy (non-hydrogen) atoms. The van der Waals surface area contributed by atoms with Gasteiger partial charge >= 0.3 is 5.97 Å². The van der Waals surface area contributed by atoms with E-state index < -0.39 is 12.0 Å². The van der Waals surface area contributed by atoms with Crippen LogP contribution in [0.1, 0.15) is 6.42 Å². The Labute approximate surface area is 66.9 Å². The van der Waals surface area contributed by atoms with E-state index in [1.54, 1.807) is 11.8 Å². The number of hydrogen-bond acceptors (Lipinski definition) is 3. The van der Waals surface area contributed by atoms with Gasteiger partial charge in [0.05, 0.1) is 8.41 Å². The zero-order valence-corrected chi connectivity index (χ0v) is 6.15. The van der Waals surface area contributed by atoms with Crippen molar-refractivity contribution < 1.29 is 9.90 Å². The Kier molecular flexibility index (Phi) is 8.71. The lowest BCUT2D eigenvalue weighted by Gasteiger charge is -2.02. The van der Waals surface area contributed by atoms with E-state index in [0.717, 1.165) is 5.75 Å². The van der Waals surface area contributed by atoms with Crippen LogP contribution in [0.15, 0.2) is 0 Å². The van der Waals surface area contributed by atoms with E-state index in [9.17, 15) is 4.79 Å². The van der Waals surface area contributed by atoms with Crippen LogP contribution >= 0.6 is 11.8 Å². The summed E-state index contributed by atoms with van der Waals surface area (Å²) in [5.41, 5.74) is 5.19. The molecule has 0 aliphatic carbocycles. The molecule has 0 radical (unpaired) electrons. The van der Waals surface area contributed by atoms with E-state index in [1.807, 2.05) is 6.26 Å². The van der Waals surface area contributed by atoms with Gasteiger partial charge in [0.15, 0.2) is 0 Å². The van der Waals surface area contributed by atoms with Crippen molar-refractivity contribution in [1.82, 2.24) is 0 Å². The molecule has 5 heteroatoms. The Hall–Kier alpha value is -0.155. The van der Waals surface area contributed by atoms with Gasteiger partial charge in [0.25, 0.3) is 0 Å². The quantitative estimate of drug-likeness (QED) is 0.520. The molecule has 1 atom stereocenters. The third-order valence-electron chi connectivity index (χ3n) is 0.950. The largest absolute Gasteiger partial charge is 0.480 e. The number of thioether (sulfide) groups is 1. The topological polar surface area (TPSA) is 63.3 Å². The molecule has 0 rings (SSSR count). The van der Waals surface area contributed by atoms with Gasteiger partial charge in [-0.2, -0.15) is 11.8 Å². The molecule has 0 aromatic rings. The first-order valence-electron chi connectivity index (χ1n) is 2.65. The average molecular weight is 163 g/mol. The smallest absolute Gasteiger partial charge is 0.320 e. The van der Waals surface area contributed by atoms with E-state index in [1.165, 1.54) is 0 Å². The summed E-state index contributed by atoms with van der Waals surface area (Å²) >= 11 is 1.60. The lowest BCUT2D eigenvalue weighted by Crippen LogP contribution is -2.30. The fraction of sp³-hybridized carbons (Fsp3) is 0.800. The number of hydrogen-bond donors (Lipinski definition) is 2. The van der Waals surface area contributed by atoms with Gasteiger partial charge in [-0.25, -0.2) is 0 Å². The van der Waals surface area contributed by atoms with Crippen LogP contribution in [0.3, 0.4) is 0 Å². The van der Waals surface area contributed by atoms with Gasteiger partial charge in [0.2, 0.25) is 0 Å². The summed E-state index contributed by atoms with van der Waals surface area (Å²) in [4.78, 5) is 10.1. The Balaban J connectivity index is 0. The van der Waals surface area contributed by atoms with E-state index in [-0.39, 0.29) is 8.41 Å². The normalized spacial score (nSPS) is 11.8. The lowest BCUT2D eigenvalue weighted by molar-refractivity contribution is -0.138. The summed E-state index contributed by atoms with van der Waals surface area (Å²) in [7, 11) is 0. The second kappa shape index (κ2) is 6.96. The number of nitrogens with two attached hydrogens (primary N) is 1. The molecule has 0 aromatic heterocycles. The summed E-state index contributed by atoms with van der Waals surface area (Å²) in [6, 6.07) is -0.683. The Morgan fingerprint density at radius 3 is 2.60 bits per heavy atom. The first-order chi connectivity index (χ1) is 4.18. The highest BCUT2D eigenvalue weighted by molar-refractivity contribution is 7.98. The van der Waals surface area contributed by atoms with Crippen LogP contribution < -0.4 is 5.73 Å². The van der Waals surface area contributed by atoms with E-state index in [2.05, 4.69) is 0 Å². The minimum Gasteiger partial charge on any atom is -0.480 e. The molecule has 0 heterocycles. The maximum atomic E-state index is 10.1. The van der Waals surface area contributed by atoms with Crippen molar-refractivity contribution in [3.63, 3.8) is 0 Å². The molecule has 0 fully saturated rings. The van der Waals surface area contributed by atoms with Crippen LogP contribution in [0.25, 0.3) is 0 Å². The molecule has 0 spiro atoms. The predicted molar refractivity (Wildman–Crippen MR) is 48.5 cm³/mol. The minimum absolute atomic E-state index is 0. The molecule has 3 nitrogen and oxygen atoms in total. The van der Waals surface area contributed by atoms with Gasteiger partial charge in [-0.15, -0.1) is 0 Å². The highest BCUT2D eigenvalue weighted by Crippen LogP contribution is 1.97. The number of aliphatic carboxylic acids is 1. The maximum Gasteiger partial charge on any atom is 0.320 e. The molecule has 0 amide bonds. The highest BCUT2D eigenvalue weighted by Gasteiger charge is 2.08. The molecule has 0 bridgehead atoms. The zero-order chi connectivity index (χ0) is 7.28. The van der Waals surface area contributed by atoms with Crippen molar-refractivity contribution in [2.45, 2.75) is 12.5 Å². The maximum absolute atomic E-state index is 10.1. The monoisotopic (exact) mass is 163 g/mol. The summed E-state index contributed by atoms with van der Waals surface area (Å²) in [5, 5.41) is 8.27. The Morgan fingerprint density at radius 2 is 2.30 bits per heavy atom. The first-order valence-corrected chi connectivity index (χ1v) is 4.05. The molecule has 0 aliphatic rings. The number of carboxylic acids is 1. The van der Waals surface area contributed by atoms with Crippen molar-refractivity contribution in [1.29, 1.82) is 0 Å². The first kappa shape index (κ1) is 12.5.